The van der Waals surface area contributed by atoms with Crippen LogP contribution in [0.4, 0.5) is 11.6 Å². The lowest BCUT2D eigenvalue weighted by Gasteiger charge is -2.29. The van der Waals surface area contributed by atoms with Crippen molar-refractivity contribution >= 4 is 34.4 Å². The van der Waals surface area contributed by atoms with Gasteiger partial charge in [0.1, 0.15) is 5.82 Å². The number of anilines is 2. The van der Waals surface area contributed by atoms with Gasteiger partial charge in [-0.1, -0.05) is 12.1 Å². The van der Waals surface area contributed by atoms with Crippen LogP contribution in [0.25, 0.3) is 27.8 Å². The van der Waals surface area contributed by atoms with Gasteiger partial charge in [-0.3, -0.25) is 10.4 Å². The third-order valence-corrected chi connectivity index (χ3v) is 6.02. The fourth-order valence-electron chi connectivity index (χ4n) is 4.23. The molecule has 9 heteroatoms. The van der Waals surface area contributed by atoms with Crippen LogP contribution in [-0.4, -0.2) is 56.7 Å². The maximum absolute atomic E-state index is 5.55. The second-order valence-corrected chi connectivity index (χ2v) is 8.25. The number of aryl methyl sites for hydroxylation is 1. The number of fused-ring (bicyclic) bond motifs is 2. The minimum absolute atomic E-state index is 0.659. The van der Waals surface area contributed by atoms with Gasteiger partial charge in [0.05, 0.1) is 25.1 Å². The molecule has 1 aliphatic heterocycles. The van der Waals surface area contributed by atoms with Crippen molar-refractivity contribution in [2.45, 2.75) is 0 Å². The molecule has 0 bridgehead atoms. The first-order chi connectivity index (χ1) is 16.7. The maximum Gasteiger partial charge on any atom is 0.160 e. The second-order valence-electron chi connectivity index (χ2n) is 8.25. The summed E-state index contributed by atoms with van der Waals surface area (Å²) in [5.41, 5.74) is 7.89. The molecule has 1 saturated heterocycles. The summed E-state index contributed by atoms with van der Waals surface area (Å²) in [6.45, 7) is 2.96. The molecule has 1 aliphatic rings. The van der Waals surface area contributed by atoms with Crippen molar-refractivity contribution in [3.63, 3.8) is 0 Å². The summed E-state index contributed by atoms with van der Waals surface area (Å²) in [6.07, 6.45) is 7.40. The van der Waals surface area contributed by atoms with Crippen LogP contribution in [-0.2, 0) is 11.8 Å². The molecule has 34 heavy (non-hydrogen) atoms. The van der Waals surface area contributed by atoms with E-state index < -0.39 is 0 Å². The number of morpholine rings is 1. The molecule has 0 atom stereocenters. The van der Waals surface area contributed by atoms with Crippen LogP contribution in [0, 0.1) is 0 Å². The summed E-state index contributed by atoms with van der Waals surface area (Å²) < 4.78 is 9.54. The van der Waals surface area contributed by atoms with Crippen LogP contribution < -0.4 is 10.3 Å². The normalized spacial score (nSPS) is 14.4. The molecule has 4 aromatic heterocycles. The number of hydrogen-bond donors (Lipinski definition) is 1. The zero-order valence-corrected chi connectivity index (χ0v) is 18.8. The lowest BCUT2D eigenvalue weighted by Crippen LogP contribution is -2.37. The van der Waals surface area contributed by atoms with E-state index in [0.29, 0.717) is 19.0 Å². The average Bonchev–Trinajstić information content (AvgIpc) is 3.48. The standard InChI is InChI=1S/C25H24N8O/c1-31-9-6-20-3-2-18(14-22(20)31)17-27-29-23-16-25(32-10-12-34-13-11-32)33-24(28-23)15-21(30-33)19-4-7-26-8-5-19/h2-9,14-17H,10-13H2,1H3,(H,28,29)/b27-17+. The third kappa shape index (κ3) is 3.86. The number of nitrogens with zero attached hydrogens (tertiary/aromatic N) is 7. The maximum atomic E-state index is 5.55. The van der Waals surface area contributed by atoms with E-state index >= 15 is 0 Å². The number of aromatic nitrogens is 5. The van der Waals surface area contributed by atoms with Gasteiger partial charge in [0.2, 0.25) is 0 Å². The summed E-state index contributed by atoms with van der Waals surface area (Å²) in [6, 6.07) is 16.2. The highest BCUT2D eigenvalue weighted by atomic mass is 16.5. The van der Waals surface area contributed by atoms with E-state index in [1.54, 1.807) is 12.4 Å². The quantitative estimate of drug-likeness (QED) is 0.324. The SMILES string of the molecule is Cn1ccc2ccc(/C=N/Nc3cc(N4CCOCC4)n4nc(-c5ccncc5)cc4n3)cc21. The van der Waals surface area contributed by atoms with Crippen molar-refractivity contribution in [2.75, 3.05) is 36.6 Å². The Morgan fingerprint density at radius 1 is 1.03 bits per heavy atom. The zero-order chi connectivity index (χ0) is 22.9. The lowest BCUT2D eigenvalue weighted by atomic mass is 10.2. The number of nitrogens with one attached hydrogen (secondary N) is 1. The Labute approximate surface area is 196 Å². The highest BCUT2D eigenvalue weighted by Gasteiger charge is 2.18. The molecule has 0 aliphatic carbocycles. The van der Waals surface area contributed by atoms with Crippen molar-refractivity contribution in [3.05, 3.63) is 72.7 Å². The first kappa shape index (κ1) is 20.4. The van der Waals surface area contributed by atoms with Crippen molar-refractivity contribution in [1.29, 1.82) is 0 Å². The second kappa shape index (κ2) is 8.60. The molecule has 0 saturated carbocycles. The highest BCUT2D eigenvalue weighted by molar-refractivity contribution is 5.89. The average molecular weight is 453 g/mol. The van der Waals surface area contributed by atoms with E-state index in [-0.39, 0.29) is 0 Å². The first-order valence-electron chi connectivity index (χ1n) is 11.2. The van der Waals surface area contributed by atoms with E-state index in [1.165, 1.54) is 10.9 Å². The molecule has 1 aromatic carbocycles. The number of rotatable bonds is 5. The molecule has 0 unspecified atom stereocenters. The minimum Gasteiger partial charge on any atom is -0.378 e. The van der Waals surface area contributed by atoms with Gasteiger partial charge in [-0.05, 0) is 35.2 Å². The monoisotopic (exact) mass is 452 g/mol. The summed E-state index contributed by atoms with van der Waals surface area (Å²) in [4.78, 5) is 11.1. The fraction of sp³-hybridized carbons (Fsp3) is 0.200. The van der Waals surface area contributed by atoms with Crippen molar-refractivity contribution in [1.82, 2.24) is 24.1 Å². The van der Waals surface area contributed by atoms with E-state index in [4.69, 9.17) is 14.8 Å². The van der Waals surface area contributed by atoms with Gasteiger partial charge in [-0.15, -0.1) is 0 Å². The first-order valence-corrected chi connectivity index (χ1v) is 11.2. The van der Waals surface area contributed by atoms with Gasteiger partial charge in [0.25, 0.3) is 0 Å². The number of hydrogen-bond acceptors (Lipinski definition) is 7. The summed E-state index contributed by atoms with van der Waals surface area (Å²) in [5.74, 6) is 1.61. The number of benzene rings is 1. The Hall–Kier alpha value is -4.24. The van der Waals surface area contributed by atoms with Gasteiger partial charge in [0, 0.05) is 61.9 Å². The minimum atomic E-state index is 0.659. The van der Waals surface area contributed by atoms with Crippen LogP contribution in [0.15, 0.2) is 72.2 Å². The zero-order valence-electron chi connectivity index (χ0n) is 18.8. The number of ether oxygens (including phenoxy) is 1. The molecular weight excluding hydrogens is 428 g/mol. The van der Waals surface area contributed by atoms with Gasteiger partial charge in [0.15, 0.2) is 11.5 Å². The van der Waals surface area contributed by atoms with Crippen molar-refractivity contribution < 1.29 is 4.74 Å². The molecule has 6 rings (SSSR count). The summed E-state index contributed by atoms with van der Waals surface area (Å²) in [5, 5.41) is 10.5. The Morgan fingerprint density at radius 2 is 1.88 bits per heavy atom. The Kier molecular flexibility index (Phi) is 5.15. The molecule has 5 heterocycles. The fourth-order valence-corrected chi connectivity index (χ4v) is 4.23. The van der Waals surface area contributed by atoms with Crippen LogP contribution in [0.2, 0.25) is 0 Å². The Balaban J connectivity index is 1.34. The molecule has 1 N–H and O–H groups in total. The smallest absolute Gasteiger partial charge is 0.160 e. The predicted molar refractivity (Wildman–Crippen MR) is 133 cm³/mol. The van der Waals surface area contributed by atoms with E-state index in [1.807, 2.05) is 42.0 Å². The van der Waals surface area contributed by atoms with Crippen molar-refractivity contribution in [3.8, 4) is 11.3 Å². The topological polar surface area (TPSA) is 84.9 Å². The number of hydrazone groups is 1. The predicted octanol–water partition coefficient (Wildman–Crippen LogP) is 3.57. The van der Waals surface area contributed by atoms with Gasteiger partial charge < -0.3 is 14.2 Å². The molecule has 0 spiro atoms. The molecule has 5 aromatic rings. The van der Waals surface area contributed by atoms with Crippen molar-refractivity contribution in [2.24, 2.45) is 12.1 Å². The van der Waals surface area contributed by atoms with E-state index in [0.717, 1.165) is 41.4 Å². The Bertz CT molecular complexity index is 1480. The molecule has 9 nitrogen and oxygen atoms in total. The molecule has 0 radical (unpaired) electrons. The molecule has 1 fully saturated rings. The van der Waals surface area contributed by atoms with E-state index in [9.17, 15) is 0 Å². The Morgan fingerprint density at radius 3 is 2.74 bits per heavy atom. The highest BCUT2D eigenvalue weighted by Crippen LogP contribution is 2.25. The van der Waals surface area contributed by atoms with Crippen LogP contribution in [0.3, 0.4) is 0 Å². The van der Waals surface area contributed by atoms with Gasteiger partial charge in [-0.25, -0.2) is 4.98 Å². The molecule has 170 valence electrons. The molecular formula is C25H24N8O. The van der Waals surface area contributed by atoms with Gasteiger partial charge in [-0.2, -0.15) is 14.7 Å². The summed E-state index contributed by atoms with van der Waals surface area (Å²) in [7, 11) is 2.04. The summed E-state index contributed by atoms with van der Waals surface area (Å²) >= 11 is 0. The van der Waals surface area contributed by atoms with Gasteiger partial charge >= 0.3 is 0 Å². The van der Waals surface area contributed by atoms with E-state index in [2.05, 4.69) is 55.4 Å². The van der Waals surface area contributed by atoms with Crippen LogP contribution >= 0.6 is 0 Å². The molecule has 0 amide bonds. The third-order valence-electron chi connectivity index (χ3n) is 6.02. The number of pyridine rings is 1. The van der Waals surface area contributed by atoms with Crippen LogP contribution in [0.1, 0.15) is 5.56 Å². The largest absolute Gasteiger partial charge is 0.378 e. The van der Waals surface area contributed by atoms with Crippen LogP contribution in [0.5, 0.6) is 0 Å². The lowest BCUT2D eigenvalue weighted by molar-refractivity contribution is 0.122.